The third-order valence-corrected chi connectivity index (χ3v) is 5.51. The molecule has 0 radical (unpaired) electrons. The molecule has 34 heavy (non-hydrogen) atoms. The van der Waals surface area contributed by atoms with E-state index in [-0.39, 0.29) is 17.2 Å². The zero-order chi connectivity index (χ0) is 23.8. The van der Waals surface area contributed by atoms with Gasteiger partial charge in [-0.1, -0.05) is 30.3 Å². The SMILES string of the molecule is CC(=O)Nc1cccc(N2C(=O)C(O)=C(C(=O)c3cc4ccccc4o3)C2c2ccccn2)c1. The number of aromatic nitrogens is 1. The maximum absolute atomic E-state index is 13.6. The number of pyridine rings is 1. The van der Waals surface area contributed by atoms with Crippen LogP contribution in [0, 0.1) is 0 Å². The second-order valence-electron chi connectivity index (χ2n) is 7.80. The van der Waals surface area contributed by atoms with Crippen molar-refractivity contribution >= 4 is 39.9 Å². The number of nitrogens with one attached hydrogen (secondary N) is 1. The van der Waals surface area contributed by atoms with Crippen molar-refractivity contribution in [2.75, 3.05) is 10.2 Å². The first kappa shape index (κ1) is 21.1. The van der Waals surface area contributed by atoms with E-state index in [9.17, 15) is 19.5 Å². The molecule has 0 bridgehead atoms. The van der Waals surface area contributed by atoms with E-state index in [1.165, 1.54) is 11.8 Å². The first-order chi connectivity index (χ1) is 16.4. The summed E-state index contributed by atoms with van der Waals surface area (Å²) in [5.41, 5.74) is 1.63. The summed E-state index contributed by atoms with van der Waals surface area (Å²) in [7, 11) is 0. The van der Waals surface area contributed by atoms with Gasteiger partial charge < -0.3 is 14.8 Å². The smallest absolute Gasteiger partial charge is 0.294 e. The summed E-state index contributed by atoms with van der Waals surface area (Å²) < 4.78 is 5.72. The zero-order valence-electron chi connectivity index (χ0n) is 18.1. The summed E-state index contributed by atoms with van der Waals surface area (Å²) in [6.07, 6.45) is 1.55. The second kappa shape index (κ2) is 8.32. The lowest BCUT2D eigenvalue weighted by atomic mass is 9.98. The molecule has 1 unspecified atom stereocenters. The van der Waals surface area contributed by atoms with E-state index in [4.69, 9.17) is 4.42 Å². The molecule has 2 aromatic carbocycles. The highest BCUT2D eigenvalue weighted by atomic mass is 16.3. The number of hydrogen-bond acceptors (Lipinski definition) is 6. The molecule has 0 saturated carbocycles. The van der Waals surface area contributed by atoms with Crippen LogP contribution < -0.4 is 10.2 Å². The molecule has 2 N–H and O–H groups in total. The van der Waals surface area contributed by atoms with Gasteiger partial charge in [0.1, 0.15) is 11.6 Å². The summed E-state index contributed by atoms with van der Waals surface area (Å²) in [5.74, 6) is -2.31. The molecule has 1 aliphatic rings. The number of carbonyl (C=O) groups is 3. The summed E-state index contributed by atoms with van der Waals surface area (Å²) >= 11 is 0. The number of rotatable bonds is 5. The predicted molar refractivity (Wildman–Crippen MR) is 125 cm³/mol. The van der Waals surface area contributed by atoms with Crippen molar-refractivity contribution in [1.29, 1.82) is 0 Å². The van der Waals surface area contributed by atoms with Gasteiger partial charge in [0.15, 0.2) is 11.5 Å². The Kier molecular flexibility index (Phi) is 5.18. The number of fused-ring (bicyclic) bond motifs is 1. The molecule has 1 aliphatic heterocycles. The lowest BCUT2D eigenvalue weighted by Crippen LogP contribution is -2.31. The van der Waals surface area contributed by atoms with Crippen LogP contribution >= 0.6 is 0 Å². The fourth-order valence-corrected chi connectivity index (χ4v) is 4.08. The van der Waals surface area contributed by atoms with Crippen LogP contribution in [0.15, 0.2) is 94.7 Å². The summed E-state index contributed by atoms with van der Waals surface area (Å²) in [5, 5.41) is 14.3. The van der Waals surface area contributed by atoms with Crippen LogP contribution in [0.1, 0.15) is 29.2 Å². The molecule has 4 aromatic rings. The molecule has 0 saturated heterocycles. The lowest BCUT2D eigenvalue weighted by Gasteiger charge is -2.26. The Bertz CT molecular complexity index is 1440. The van der Waals surface area contributed by atoms with Crippen LogP contribution in [-0.4, -0.2) is 27.7 Å². The molecule has 0 aliphatic carbocycles. The van der Waals surface area contributed by atoms with E-state index in [1.807, 2.05) is 6.07 Å². The molecule has 0 fully saturated rings. The molecule has 5 rings (SSSR count). The van der Waals surface area contributed by atoms with E-state index in [0.29, 0.717) is 22.7 Å². The molecule has 168 valence electrons. The van der Waals surface area contributed by atoms with Gasteiger partial charge in [0, 0.05) is 29.9 Å². The highest BCUT2D eigenvalue weighted by Crippen LogP contribution is 2.42. The predicted octanol–water partition coefficient (Wildman–Crippen LogP) is 4.57. The summed E-state index contributed by atoms with van der Waals surface area (Å²) in [6.45, 7) is 1.38. The highest BCUT2D eigenvalue weighted by Gasteiger charge is 2.46. The molecule has 2 aromatic heterocycles. The van der Waals surface area contributed by atoms with Crippen LogP contribution in [0.3, 0.4) is 0 Å². The van der Waals surface area contributed by atoms with E-state index in [2.05, 4.69) is 10.3 Å². The number of anilines is 2. The molecule has 8 nitrogen and oxygen atoms in total. The number of aliphatic hydroxyl groups excluding tert-OH is 1. The molecular weight excluding hydrogens is 434 g/mol. The molecule has 3 heterocycles. The number of ketones is 1. The van der Waals surface area contributed by atoms with Crippen molar-refractivity contribution in [3.05, 3.63) is 102 Å². The van der Waals surface area contributed by atoms with Crippen LogP contribution in [0.2, 0.25) is 0 Å². The average molecular weight is 453 g/mol. The number of aliphatic hydroxyl groups is 1. The third kappa shape index (κ3) is 3.61. The Morgan fingerprint density at radius 2 is 1.82 bits per heavy atom. The lowest BCUT2D eigenvalue weighted by molar-refractivity contribution is -0.117. The Morgan fingerprint density at radius 3 is 2.56 bits per heavy atom. The van der Waals surface area contributed by atoms with E-state index < -0.39 is 23.5 Å². The molecule has 0 spiro atoms. The van der Waals surface area contributed by atoms with Gasteiger partial charge in [-0.2, -0.15) is 0 Å². The van der Waals surface area contributed by atoms with Gasteiger partial charge in [0.2, 0.25) is 11.7 Å². The number of Topliss-reactive ketones (excluding diaryl/α,β-unsaturated/α-hetero) is 1. The first-order valence-corrected chi connectivity index (χ1v) is 10.5. The normalized spacial score (nSPS) is 15.7. The number of nitrogens with zero attached hydrogens (tertiary/aromatic N) is 2. The number of para-hydroxylation sites is 1. The Labute approximate surface area is 194 Å². The average Bonchev–Trinajstić information content (AvgIpc) is 3.38. The van der Waals surface area contributed by atoms with E-state index in [0.717, 1.165) is 5.39 Å². The van der Waals surface area contributed by atoms with Crippen molar-refractivity contribution in [2.24, 2.45) is 0 Å². The standard InChI is InChI=1S/C26H19N3O5/c1-15(30)28-17-8-6-9-18(14-17)29-23(19-10-4-5-12-27-19)22(25(32)26(29)33)24(31)21-13-16-7-2-3-11-20(16)34-21/h2-14,23,32H,1H3,(H,28,30). The highest BCUT2D eigenvalue weighted by molar-refractivity contribution is 6.20. The van der Waals surface area contributed by atoms with Gasteiger partial charge in [-0.25, -0.2) is 0 Å². The third-order valence-electron chi connectivity index (χ3n) is 5.51. The minimum atomic E-state index is -0.998. The van der Waals surface area contributed by atoms with Crippen molar-refractivity contribution in [3.63, 3.8) is 0 Å². The number of hydrogen-bond donors (Lipinski definition) is 2. The minimum Gasteiger partial charge on any atom is -0.503 e. The number of carbonyl (C=O) groups excluding carboxylic acids is 3. The topological polar surface area (TPSA) is 113 Å². The van der Waals surface area contributed by atoms with Gasteiger partial charge in [-0.3, -0.25) is 24.3 Å². The molecule has 8 heteroatoms. The Morgan fingerprint density at radius 1 is 1.03 bits per heavy atom. The van der Waals surface area contributed by atoms with Crippen LogP contribution in [-0.2, 0) is 9.59 Å². The number of furan rings is 1. The minimum absolute atomic E-state index is 0.00493. The van der Waals surface area contributed by atoms with Crippen molar-refractivity contribution in [3.8, 4) is 0 Å². The van der Waals surface area contributed by atoms with Crippen LogP contribution in [0.25, 0.3) is 11.0 Å². The van der Waals surface area contributed by atoms with Gasteiger partial charge in [-0.15, -0.1) is 0 Å². The number of benzene rings is 2. The monoisotopic (exact) mass is 453 g/mol. The molecular formula is C26H19N3O5. The summed E-state index contributed by atoms with van der Waals surface area (Å²) in [6, 6.07) is 19.4. The van der Waals surface area contributed by atoms with Crippen molar-refractivity contribution < 1.29 is 23.9 Å². The maximum Gasteiger partial charge on any atom is 0.294 e. The number of amides is 2. The van der Waals surface area contributed by atoms with E-state index >= 15 is 0 Å². The quantitative estimate of drug-likeness (QED) is 0.428. The maximum atomic E-state index is 13.6. The van der Waals surface area contributed by atoms with Gasteiger partial charge >= 0.3 is 0 Å². The Hall–Kier alpha value is -4.72. The zero-order valence-corrected chi connectivity index (χ0v) is 18.1. The fraction of sp³-hybridized carbons (Fsp3) is 0.0769. The van der Waals surface area contributed by atoms with Gasteiger partial charge in [0.05, 0.1) is 11.3 Å². The summed E-state index contributed by atoms with van der Waals surface area (Å²) in [4.78, 5) is 44.0. The van der Waals surface area contributed by atoms with Crippen LogP contribution in [0.4, 0.5) is 11.4 Å². The first-order valence-electron chi connectivity index (χ1n) is 10.5. The fourth-order valence-electron chi connectivity index (χ4n) is 4.08. The van der Waals surface area contributed by atoms with Gasteiger partial charge in [0.25, 0.3) is 5.91 Å². The van der Waals surface area contributed by atoms with Crippen molar-refractivity contribution in [1.82, 2.24) is 4.98 Å². The molecule has 2 amide bonds. The van der Waals surface area contributed by atoms with Gasteiger partial charge in [-0.05, 0) is 42.5 Å². The second-order valence-corrected chi connectivity index (χ2v) is 7.80. The largest absolute Gasteiger partial charge is 0.503 e. The Balaban J connectivity index is 1.63. The van der Waals surface area contributed by atoms with E-state index in [1.54, 1.807) is 72.9 Å². The van der Waals surface area contributed by atoms with Crippen molar-refractivity contribution in [2.45, 2.75) is 13.0 Å². The molecule has 1 atom stereocenters. The van der Waals surface area contributed by atoms with Crippen LogP contribution in [0.5, 0.6) is 0 Å².